The van der Waals surface area contributed by atoms with E-state index in [1.807, 2.05) is 0 Å². The van der Waals surface area contributed by atoms with E-state index >= 15 is 0 Å². The van der Waals surface area contributed by atoms with Crippen molar-refractivity contribution in [3.63, 3.8) is 0 Å². The van der Waals surface area contributed by atoms with Crippen LogP contribution < -0.4 is 4.74 Å². The molecule has 2 rings (SSSR count). The van der Waals surface area contributed by atoms with Crippen molar-refractivity contribution in [2.75, 3.05) is 7.11 Å². The van der Waals surface area contributed by atoms with Gasteiger partial charge >= 0.3 is 0 Å². The maximum Gasteiger partial charge on any atom is 0.0675 e. The number of hydrogen-bond donors (Lipinski definition) is 2. The Morgan fingerprint density at radius 2 is 2.05 bits per heavy atom. The number of aliphatic hydroxyl groups excluding tert-OH is 2. The van der Waals surface area contributed by atoms with Crippen LogP contribution in [0, 0.1) is 6.07 Å². The van der Waals surface area contributed by atoms with Crippen LogP contribution in [0.15, 0.2) is 30.5 Å². The van der Waals surface area contributed by atoms with Crippen LogP contribution in [0.3, 0.4) is 0 Å². The summed E-state index contributed by atoms with van der Waals surface area (Å²) in [7, 11) is 1.56. The van der Waals surface area contributed by atoms with Gasteiger partial charge in [-0.15, -0.1) is 17.7 Å². The molecule has 2 N–H and O–H groups in total. The second-order valence-electron chi connectivity index (χ2n) is 3.81. The van der Waals surface area contributed by atoms with Gasteiger partial charge in [0.2, 0.25) is 0 Å². The Kier molecular flexibility index (Phi) is 6.12. The monoisotopic (exact) mass is 437 g/mol. The standard InChI is InChI=1S/C14H14NO3.Ir/c1-18-12-2-3-13(11(7-12)9-17)14-6-10(8-16)4-5-15-14;/h2,4-7,16-17H,8-9H2,1H3;/q-1;. The number of aromatic nitrogens is 1. The van der Waals surface area contributed by atoms with E-state index in [9.17, 15) is 5.11 Å². The van der Waals surface area contributed by atoms with Gasteiger partial charge in [0, 0.05) is 38.7 Å². The summed E-state index contributed by atoms with van der Waals surface area (Å²) >= 11 is 0. The van der Waals surface area contributed by atoms with Gasteiger partial charge in [-0.05, 0) is 17.3 Å². The van der Waals surface area contributed by atoms with Crippen LogP contribution in [-0.2, 0) is 33.3 Å². The molecule has 0 aliphatic rings. The number of rotatable bonds is 4. The third-order valence-electron chi connectivity index (χ3n) is 2.67. The topological polar surface area (TPSA) is 62.6 Å². The van der Waals surface area contributed by atoms with E-state index in [1.165, 1.54) is 0 Å². The van der Waals surface area contributed by atoms with E-state index in [0.717, 1.165) is 5.56 Å². The summed E-state index contributed by atoms with van der Waals surface area (Å²) in [6, 6.07) is 10.0. The number of nitrogens with zero attached hydrogens (tertiary/aromatic N) is 1. The first kappa shape index (κ1) is 15.8. The van der Waals surface area contributed by atoms with Crippen molar-refractivity contribution in [1.29, 1.82) is 0 Å². The Balaban J connectivity index is 0.00000180. The minimum Gasteiger partial charge on any atom is -0.540 e. The Morgan fingerprint density at radius 1 is 1.26 bits per heavy atom. The normalized spacial score (nSPS) is 9.84. The van der Waals surface area contributed by atoms with E-state index in [1.54, 1.807) is 37.6 Å². The van der Waals surface area contributed by atoms with E-state index in [0.29, 0.717) is 22.6 Å². The number of aliphatic hydroxyl groups is 2. The first-order valence-electron chi connectivity index (χ1n) is 5.54. The second-order valence-corrected chi connectivity index (χ2v) is 3.81. The molecule has 0 saturated heterocycles. The van der Waals surface area contributed by atoms with Crippen LogP contribution in [0.25, 0.3) is 11.3 Å². The SMILES string of the molecule is COc1c[c-]c(-c2cc(CO)ccn2)c(CO)c1.[Ir]. The summed E-state index contributed by atoms with van der Waals surface area (Å²) in [6.45, 7) is -0.159. The van der Waals surface area contributed by atoms with Crippen molar-refractivity contribution in [2.24, 2.45) is 0 Å². The van der Waals surface area contributed by atoms with E-state index in [4.69, 9.17) is 9.84 Å². The zero-order valence-corrected chi connectivity index (χ0v) is 12.8. The number of benzene rings is 1. The van der Waals surface area contributed by atoms with Gasteiger partial charge in [-0.25, -0.2) is 0 Å². The summed E-state index contributed by atoms with van der Waals surface area (Å²) in [6.07, 6.45) is 1.63. The molecule has 1 radical (unpaired) electrons. The molecule has 0 saturated carbocycles. The van der Waals surface area contributed by atoms with Gasteiger partial charge in [-0.3, -0.25) is 0 Å². The van der Waals surface area contributed by atoms with Gasteiger partial charge < -0.3 is 19.9 Å². The molecule has 1 aromatic carbocycles. The van der Waals surface area contributed by atoms with Gasteiger partial charge in [-0.1, -0.05) is 17.7 Å². The molecule has 0 atom stereocenters. The third-order valence-corrected chi connectivity index (χ3v) is 2.67. The average Bonchev–Trinajstić information content (AvgIpc) is 2.46. The molecule has 0 unspecified atom stereocenters. The third kappa shape index (κ3) is 3.61. The van der Waals surface area contributed by atoms with Gasteiger partial charge in [0.25, 0.3) is 0 Å². The van der Waals surface area contributed by atoms with Crippen LogP contribution in [0.2, 0.25) is 0 Å². The van der Waals surface area contributed by atoms with Gasteiger partial charge in [0.15, 0.2) is 0 Å². The fraction of sp³-hybridized carbons (Fsp3) is 0.214. The van der Waals surface area contributed by atoms with Crippen LogP contribution in [0.4, 0.5) is 0 Å². The minimum absolute atomic E-state index is 0. The molecule has 5 heteroatoms. The fourth-order valence-electron chi connectivity index (χ4n) is 1.71. The summed E-state index contributed by atoms with van der Waals surface area (Å²) < 4.78 is 5.09. The first-order chi connectivity index (χ1) is 8.78. The van der Waals surface area contributed by atoms with Crippen LogP contribution in [0.1, 0.15) is 11.1 Å². The number of pyridine rings is 1. The molecule has 0 bridgehead atoms. The molecular formula is C14H14IrNO3-. The molecule has 4 nitrogen and oxygen atoms in total. The molecule has 2 aromatic rings. The average molecular weight is 436 g/mol. The quantitative estimate of drug-likeness (QED) is 0.714. The summed E-state index contributed by atoms with van der Waals surface area (Å²) in [5.74, 6) is 0.640. The Bertz CT molecular complexity index is 546. The van der Waals surface area contributed by atoms with Crippen molar-refractivity contribution in [1.82, 2.24) is 4.98 Å². The zero-order chi connectivity index (χ0) is 13.0. The zero-order valence-electron chi connectivity index (χ0n) is 10.4. The van der Waals surface area contributed by atoms with E-state index in [2.05, 4.69) is 11.1 Å². The maximum absolute atomic E-state index is 9.37. The van der Waals surface area contributed by atoms with Crippen molar-refractivity contribution in [3.05, 3.63) is 47.7 Å². The molecule has 0 aliphatic carbocycles. The van der Waals surface area contributed by atoms with Gasteiger partial charge in [0.1, 0.15) is 0 Å². The summed E-state index contributed by atoms with van der Waals surface area (Å²) in [4.78, 5) is 4.23. The Hall–Kier alpha value is -1.26. The first-order valence-corrected chi connectivity index (χ1v) is 5.54. The summed E-state index contributed by atoms with van der Waals surface area (Å²) in [5.41, 5.74) is 2.85. The number of ether oxygens (including phenoxy) is 1. The molecule has 103 valence electrons. The molecule has 1 heterocycles. The number of hydrogen-bond acceptors (Lipinski definition) is 4. The molecule has 1 aromatic heterocycles. The molecular weight excluding hydrogens is 422 g/mol. The fourth-order valence-corrected chi connectivity index (χ4v) is 1.71. The molecule has 0 amide bonds. The predicted molar refractivity (Wildman–Crippen MR) is 66.9 cm³/mol. The molecule has 19 heavy (non-hydrogen) atoms. The van der Waals surface area contributed by atoms with Crippen LogP contribution >= 0.6 is 0 Å². The second kappa shape index (κ2) is 7.36. The van der Waals surface area contributed by atoms with Crippen molar-refractivity contribution < 1.29 is 35.1 Å². The predicted octanol–water partition coefficient (Wildman–Crippen LogP) is 1.54. The smallest absolute Gasteiger partial charge is 0.0675 e. The van der Waals surface area contributed by atoms with E-state index in [-0.39, 0.29) is 33.3 Å². The Morgan fingerprint density at radius 3 is 2.68 bits per heavy atom. The van der Waals surface area contributed by atoms with Crippen LogP contribution in [0.5, 0.6) is 5.75 Å². The van der Waals surface area contributed by atoms with Crippen molar-refractivity contribution in [3.8, 4) is 17.0 Å². The van der Waals surface area contributed by atoms with Gasteiger partial charge in [0.05, 0.1) is 13.7 Å². The van der Waals surface area contributed by atoms with E-state index < -0.39 is 0 Å². The molecule has 0 fully saturated rings. The van der Waals surface area contributed by atoms with Gasteiger partial charge in [-0.2, -0.15) is 0 Å². The largest absolute Gasteiger partial charge is 0.540 e. The van der Waals surface area contributed by atoms with Crippen molar-refractivity contribution in [2.45, 2.75) is 13.2 Å². The minimum atomic E-state index is -0.117. The summed E-state index contributed by atoms with van der Waals surface area (Å²) in [5, 5.41) is 18.5. The maximum atomic E-state index is 9.37. The number of methoxy groups -OCH3 is 1. The molecule has 0 aliphatic heterocycles. The molecule has 0 spiro atoms. The van der Waals surface area contributed by atoms with Crippen molar-refractivity contribution >= 4 is 0 Å². The Labute approximate surface area is 125 Å². The van der Waals surface area contributed by atoms with Crippen LogP contribution in [-0.4, -0.2) is 22.3 Å².